The smallest absolute Gasteiger partial charge is 0.254 e. The number of carbonyl (C=O) groups is 1. The van der Waals surface area contributed by atoms with Crippen LogP contribution in [0.2, 0.25) is 0 Å². The van der Waals surface area contributed by atoms with Gasteiger partial charge in [-0.1, -0.05) is 19.3 Å². The highest BCUT2D eigenvalue weighted by Gasteiger charge is 2.13. The van der Waals surface area contributed by atoms with Crippen molar-refractivity contribution < 1.29 is 9.18 Å². The molecule has 90 valence electrons. The van der Waals surface area contributed by atoms with Gasteiger partial charge in [0.2, 0.25) is 0 Å². The zero-order valence-electron chi connectivity index (χ0n) is 9.66. The third-order valence-corrected chi connectivity index (χ3v) is 2.34. The third kappa shape index (κ3) is 3.49. The molecule has 17 heavy (non-hydrogen) atoms. The second-order valence-electron chi connectivity index (χ2n) is 3.71. The average molecular weight is 234 g/mol. The van der Waals surface area contributed by atoms with Gasteiger partial charge in [0.15, 0.2) is 0 Å². The molecule has 3 N–H and O–H groups in total. The maximum absolute atomic E-state index is 12.8. The number of amides is 1. The molecule has 0 spiro atoms. The molecule has 1 aromatic rings. The summed E-state index contributed by atoms with van der Waals surface area (Å²) < 4.78 is 12.8. The van der Waals surface area contributed by atoms with Crippen LogP contribution in [0.25, 0.3) is 0 Å². The fraction of sp³-hybridized carbons (Fsp3) is 0.308. The van der Waals surface area contributed by atoms with E-state index >= 15 is 0 Å². The summed E-state index contributed by atoms with van der Waals surface area (Å²) in [6, 6.07) is 3.33. The Labute approximate surface area is 100 Å². The van der Waals surface area contributed by atoms with Gasteiger partial charge in [-0.15, -0.1) is 6.42 Å². The monoisotopic (exact) mass is 234 g/mol. The van der Waals surface area contributed by atoms with Crippen LogP contribution in [-0.2, 0) is 0 Å². The zero-order valence-corrected chi connectivity index (χ0v) is 9.66. The van der Waals surface area contributed by atoms with Gasteiger partial charge in [-0.2, -0.15) is 0 Å². The largest absolute Gasteiger partial charge is 0.398 e. The minimum Gasteiger partial charge on any atom is -0.398 e. The fourth-order valence-electron chi connectivity index (χ4n) is 1.46. The quantitative estimate of drug-likeness (QED) is 0.618. The van der Waals surface area contributed by atoms with Crippen LogP contribution in [0, 0.1) is 18.2 Å². The summed E-state index contributed by atoms with van der Waals surface area (Å²) in [7, 11) is 0. The van der Waals surface area contributed by atoms with Crippen LogP contribution >= 0.6 is 0 Å². The van der Waals surface area contributed by atoms with Crippen molar-refractivity contribution in [3.8, 4) is 12.3 Å². The Hall–Kier alpha value is -2.02. The molecule has 4 heteroatoms. The van der Waals surface area contributed by atoms with Gasteiger partial charge in [-0.05, 0) is 24.6 Å². The van der Waals surface area contributed by atoms with E-state index in [1.807, 2.05) is 6.92 Å². The van der Waals surface area contributed by atoms with Gasteiger partial charge < -0.3 is 11.1 Å². The number of carbonyl (C=O) groups excluding carboxylic acids is 1. The van der Waals surface area contributed by atoms with Crippen LogP contribution < -0.4 is 11.1 Å². The van der Waals surface area contributed by atoms with Crippen LogP contribution in [0.1, 0.15) is 30.1 Å². The first-order valence-corrected chi connectivity index (χ1v) is 5.40. The van der Waals surface area contributed by atoms with E-state index in [0.717, 1.165) is 12.5 Å². The van der Waals surface area contributed by atoms with E-state index in [1.54, 1.807) is 0 Å². The maximum Gasteiger partial charge on any atom is 0.254 e. The Morgan fingerprint density at radius 1 is 1.65 bits per heavy atom. The molecule has 0 saturated carbocycles. The van der Waals surface area contributed by atoms with E-state index in [9.17, 15) is 9.18 Å². The van der Waals surface area contributed by atoms with Crippen LogP contribution in [0.5, 0.6) is 0 Å². The Morgan fingerprint density at radius 2 is 2.35 bits per heavy atom. The van der Waals surface area contributed by atoms with Crippen molar-refractivity contribution in [2.75, 3.05) is 5.73 Å². The number of nitrogens with two attached hydrogens (primary N) is 1. The molecule has 0 aliphatic heterocycles. The molecule has 0 aliphatic rings. The summed E-state index contributed by atoms with van der Waals surface area (Å²) in [6.07, 6.45) is 6.86. The van der Waals surface area contributed by atoms with E-state index in [1.165, 1.54) is 12.1 Å². The summed E-state index contributed by atoms with van der Waals surface area (Å²) in [5.41, 5.74) is 5.91. The average Bonchev–Trinajstić information content (AvgIpc) is 2.28. The molecule has 1 aromatic carbocycles. The lowest BCUT2D eigenvalue weighted by Crippen LogP contribution is -2.34. The molecule has 1 atom stereocenters. The zero-order chi connectivity index (χ0) is 12.8. The van der Waals surface area contributed by atoms with Crippen LogP contribution in [0.3, 0.4) is 0 Å². The number of hydrogen-bond donors (Lipinski definition) is 2. The number of nitrogens with one attached hydrogen (secondary N) is 1. The molecule has 3 nitrogen and oxygen atoms in total. The van der Waals surface area contributed by atoms with E-state index < -0.39 is 5.82 Å². The molecule has 0 fully saturated rings. The van der Waals surface area contributed by atoms with Crippen molar-refractivity contribution in [3.63, 3.8) is 0 Å². The van der Waals surface area contributed by atoms with Gasteiger partial charge in [-0.3, -0.25) is 4.79 Å². The maximum atomic E-state index is 12.8. The lowest BCUT2D eigenvalue weighted by Gasteiger charge is -2.13. The van der Waals surface area contributed by atoms with Gasteiger partial charge in [0.25, 0.3) is 5.91 Å². The summed E-state index contributed by atoms with van der Waals surface area (Å²) >= 11 is 0. The summed E-state index contributed by atoms with van der Waals surface area (Å²) in [4.78, 5) is 11.8. The first kappa shape index (κ1) is 13.0. The van der Waals surface area contributed by atoms with Crippen molar-refractivity contribution in [3.05, 3.63) is 29.6 Å². The van der Waals surface area contributed by atoms with Gasteiger partial charge in [-0.25, -0.2) is 4.39 Å². The lowest BCUT2D eigenvalue weighted by atomic mass is 10.1. The molecule has 1 rings (SSSR count). The van der Waals surface area contributed by atoms with Crippen molar-refractivity contribution in [2.24, 2.45) is 0 Å². The molecule has 0 saturated heterocycles. The molecule has 0 aromatic heterocycles. The second-order valence-corrected chi connectivity index (χ2v) is 3.71. The van der Waals surface area contributed by atoms with Gasteiger partial charge >= 0.3 is 0 Å². The molecule has 1 amide bonds. The first-order chi connectivity index (χ1) is 8.08. The van der Waals surface area contributed by atoms with E-state index in [-0.39, 0.29) is 23.2 Å². The van der Waals surface area contributed by atoms with Crippen molar-refractivity contribution in [1.29, 1.82) is 0 Å². The lowest BCUT2D eigenvalue weighted by molar-refractivity contribution is 0.0945. The number of nitrogen functional groups attached to an aromatic ring is 1. The summed E-state index contributed by atoms with van der Waals surface area (Å²) in [6.45, 7) is 1.97. The molecule has 0 heterocycles. The minimum atomic E-state index is -0.471. The Morgan fingerprint density at radius 3 is 2.88 bits per heavy atom. The SMILES string of the molecule is C#CC(CCC)NC(=O)c1ccc(F)cc1N. The predicted octanol–water partition coefficient (Wildman–Crippen LogP) is 1.94. The number of anilines is 1. The van der Waals surface area contributed by atoms with Crippen LogP contribution in [0.15, 0.2) is 18.2 Å². The Balaban J connectivity index is 2.79. The Kier molecular flexibility index (Phi) is 4.53. The molecule has 0 radical (unpaired) electrons. The third-order valence-electron chi connectivity index (χ3n) is 2.34. The van der Waals surface area contributed by atoms with Gasteiger partial charge in [0.05, 0.1) is 11.6 Å². The van der Waals surface area contributed by atoms with Crippen molar-refractivity contribution in [2.45, 2.75) is 25.8 Å². The highest BCUT2D eigenvalue weighted by molar-refractivity contribution is 5.99. The Bertz CT molecular complexity index is 451. The fourth-order valence-corrected chi connectivity index (χ4v) is 1.46. The molecular weight excluding hydrogens is 219 g/mol. The number of halogens is 1. The number of benzene rings is 1. The molecule has 0 aliphatic carbocycles. The second kappa shape index (κ2) is 5.90. The number of hydrogen-bond acceptors (Lipinski definition) is 2. The molecular formula is C13H15FN2O. The highest BCUT2D eigenvalue weighted by atomic mass is 19.1. The number of rotatable bonds is 4. The van der Waals surface area contributed by atoms with Crippen molar-refractivity contribution >= 4 is 11.6 Å². The summed E-state index contributed by atoms with van der Waals surface area (Å²) in [5.74, 6) is 1.64. The van der Waals surface area contributed by atoms with E-state index in [0.29, 0.717) is 6.42 Å². The normalized spacial score (nSPS) is 11.6. The highest BCUT2D eigenvalue weighted by Crippen LogP contribution is 2.13. The predicted molar refractivity (Wildman–Crippen MR) is 65.8 cm³/mol. The summed E-state index contributed by atoms with van der Waals surface area (Å²) in [5, 5.41) is 2.67. The molecule has 0 bridgehead atoms. The van der Waals surface area contributed by atoms with Crippen molar-refractivity contribution in [1.82, 2.24) is 5.32 Å². The first-order valence-electron chi connectivity index (χ1n) is 5.40. The standard InChI is InChI=1S/C13H15FN2O/c1-3-5-10(4-2)16-13(17)11-7-6-9(14)8-12(11)15/h2,6-8,10H,3,5,15H2,1H3,(H,16,17). The van der Waals surface area contributed by atoms with Crippen LogP contribution in [0.4, 0.5) is 10.1 Å². The molecule has 1 unspecified atom stereocenters. The number of terminal acetylenes is 1. The van der Waals surface area contributed by atoms with Crippen LogP contribution in [-0.4, -0.2) is 11.9 Å². The van der Waals surface area contributed by atoms with Gasteiger partial charge in [0, 0.05) is 5.69 Å². The van der Waals surface area contributed by atoms with E-state index in [2.05, 4.69) is 11.2 Å². The van der Waals surface area contributed by atoms with Gasteiger partial charge in [0.1, 0.15) is 5.82 Å². The van der Waals surface area contributed by atoms with E-state index in [4.69, 9.17) is 12.2 Å². The minimum absolute atomic E-state index is 0.106. The topological polar surface area (TPSA) is 55.1 Å².